The maximum atomic E-state index is 5.35. The molecule has 0 atom stereocenters. The second kappa shape index (κ2) is 5.11. The van der Waals surface area contributed by atoms with Crippen LogP contribution in [-0.2, 0) is 6.42 Å². The fourth-order valence-corrected chi connectivity index (χ4v) is 1.88. The number of rotatable bonds is 2. The topological polar surface area (TPSA) is 18.5 Å². The molecule has 17 heavy (non-hydrogen) atoms. The summed E-state index contributed by atoms with van der Waals surface area (Å²) in [5.74, 6) is 1.70. The second-order valence-electron chi connectivity index (χ2n) is 3.85. The first-order chi connectivity index (χ1) is 7.92. The summed E-state index contributed by atoms with van der Waals surface area (Å²) >= 11 is 0. The number of benzene rings is 2. The van der Waals surface area contributed by atoms with E-state index in [2.05, 4.69) is 36.4 Å². The van der Waals surface area contributed by atoms with E-state index in [9.17, 15) is 0 Å². The van der Waals surface area contributed by atoms with E-state index in [0.29, 0.717) is 6.79 Å². The van der Waals surface area contributed by atoms with Crippen LogP contribution in [0.25, 0.3) is 0 Å². The van der Waals surface area contributed by atoms with Gasteiger partial charge < -0.3 is 9.47 Å². The van der Waals surface area contributed by atoms with Gasteiger partial charge in [-0.3, -0.25) is 0 Å². The van der Waals surface area contributed by atoms with Crippen LogP contribution in [0, 0.1) is 0 Å². The monoisotopic (exact) mass is 248 g/mol. The molecule has 0 aliphatic carbocycles. The highest BCUT2D eigenvalue weighted by atomic mass is 35.5. The van der Waals surface area contributed by atoms with Crippen molar-refractivity contribution in [3.05, 3.63) is 59.7 Å². The molecule has 0 spiro atoms. The molecule has 0 amide bonds. The van der Waals surface area contributed by atoms with Crippen molar-refractivity contribution >= 4 is 12.4 Å². The van der Waals surface area contributed by atoms with E-state index in [1.54, 1.807) is 0 Å². The minimum Gasteiger partial charge on any atom is -0.454 e. The van der Waals surface area contributed by atoms with Crippen LogP contribution in [0.15, 0.2) is 48.5 Å². The summed E-state index contributed by atoms with van der Waals surface area (Å²) < 4.78 is 10.6. The van der Waals surface area contributed by atoms with E-state index in [1.807, 2.05) is 12.1 Å². The van der Waals surface area contributed by atoms with Crippen molar-refractivity contribution in [2.45, 2.75) is 6.42 Å². The first-order valence-electron chi connectivity index (χ1n) is 5.34. The van der Waals surface area contributed by atoms with Crippen molar-refractivity contribution in [1.29, 1.82) is 0 Å². The van der Waals surface area contributed by atoms with Crippen LogP contribution in [0.4, 0.5) is 0 Å². The van der Waals surface area contributed by atoms with Gasteiger partial charge in [-0.1, -0.05) is 36.4 Å². The van der Waals surface area contributed by atoms with Gasteiger partial charge in [0, 0.05) is 0 Å². The lowest BCUT2D eigenvalue weighted by Crippen LogP contribution is -1.93. The summed E-state index contributed by atoms with van der Waals surface area (Å²) in [4.78, 5) is 0. The zero-order valence-corrected chi connectivity index (χ0v) is 10.1. The molecule has 0 bridgehead atoms. The summed E-state index contributed by atoms with van der Waals surface area (Å²) in [6, 6.07) is 16.5. The minimum absolute atomic E-state index is 0. The summed E-state index contributed by atoms with van der Waals surface area (Å²) in [6.45, 7) is 0.337. The highest BCUT2D eigenvalue weighted by Gasteiger charge is 2.12. The quantitative estimate of drug-likeness (QED) is 0.811. The van der Waals surface area contributed by atoms with E-state index in [0.717, 1.165) is 17.9 Å². The number of hydrogen-bond acceptors (Lipinski definition) is 2. The Labute approximate surface area is 107 Å². The van der Waals surface area contributed by atoms with Crippen LogP contribution in [0.3, 0.4) is 0 Å². The van der Waals surface area contributed by atoms with Crippen molar-refractivity contribution in [2.75, 3.05) is 6.79 Å². The van der Waals surface area contributed by atoms with Crippen LogP contribution in [0.5, 0.6) is 11.5 Å². The van der Waals surface area contributed by atoms with Crippen LogP contribution in [-0.4, -0.2) is 6.79 Å². The third-order valence-electron chi connectivity index (χ3n) is 2.69. The Hall–Kier alpha value is -1.67. The molecule has 1 aliphatic rings. The van der Waals surface area contributed by atoms with Crippen LogP contribution in [0.2, 0.25) is 0 Å². The van der Waals surface area contributed by atoms with Gasteiger partial charge >= 0.3 is 0 Å². The largest absolute Gasteiger partial charge is 0.454 e. The van der Waals surface area contributed by atoms with Gasteiger partial charge in [-0.25, -0.2) is 0 Å². The van der Waals surface area contributed by atoms with Gasteiger partial charge in [0.25, 0.3) is 0 Å². The lowest BCUT2D eigenvalue weighted by Gasteiger charge is -2.03. The van der Waals surface area contributed by atoms with Crippen molar-refractivity contribution in [1.82, 2.24) is 0 Å². The lowest BCUT2D eigenvalue weighted by atomic mass is 10.0. The van der Waals surface area contributed by atoms with Gasteiger partial charge in [0.15, 0.2) is 11.5 Å². The van der Waals surface area contributed by atoms with Gasteiger partial charge in [0.05, 0.1) is 0 Å². The minimum atomic E-state index is 0. The van der Waals surface area contributed by atoms with Gasteiger partial charge in [-0.2, -0.15) is 0 Å². The molecule has 3 heteroatoms. The summed E-state index contributed by atoms with van der Waals surface area (Å²) in [5.41, 5.74) is 2.55. The van der Waals surface area contributed by atoms with Crippen molar-refractivity contribution in [3.63, 3.8) is 0 Å². The summed E-state index contributed by atoms with van der Waals surface area (Å²) in [5, 5.41) is 0. The SMILES string of the molecule is Cl.c1ccc(Cc2ccc3c(c2)OCO3)cc1. The first-order valence-corrected chi connectivity index (χ1v) is 5.34. The Morgan fingerprint density at radius 2 is 1.59 bits per heavy atom. The molecule has 3 rings (SSSR count). The molecule has 0 unspecified atom stereocenters. The highest BCUT2D eigenvalue weighted by Crippen LogP contribution is 2.32. The van der Waals surface area contributed by atoms with Gasteiger partial charge in [-0.05, 0) is 29.7 Å². The van der Waals surface area contributed by atoms with E-state index in [4.69, 9.17) is 9.47 Å². The average Bonchev–Trinajstić information content (AvgIpc) is 2.77. The van der Waals surface area contributed by atoms with Crippen molar-refractivity contribution in [2.24, 2.45) is 0 Å². The predicted octanol–water partition coefficient (Wildman–Crippen LogP) is 3.43. The Balaban J connectivity index is 0.00000108. The fourth-order valence-electron chi connectivity index (χ4n) is 1.88. The molecule has 0 aromatic heterocycles. The second-order valence-corrected chi connectivity index (χ2v) is 3.85. The van der Waals surface area contributed by atoms with E-state index >= 15 is 0 Å². The normalized spacial score (nSPS) is 12.0. The smallest absolute Gasteiger partial charge is 0.231 e. The van der Waals surface area contributed by atoms with Crippen molar-refractivity contribution < 1.29 is 9.47 Å². The third-order valence-corrected chi connectivity index (χ3v) is 2.69. The third kappa shape index (κ3) is 2.53. The molecular weight excluding hydrogens is 236 g/mol. The van der Waals surface area contributed by atoms with E-state index < -0.39 is 0 Å². The number of ether oxygens (including phenoxy) is 2. The molecule has 1 heterocycles. The molecular formula is C14H13ClO2. The maximum absolute atomic E-state index is 5.35. The average molecular weight is 249 g/mol. The summed E-state index contributed by atoms with van der Waals surface area (Å²) in [7, 11) is 0. The molecule has 2 nitrogen and oxygen atoms in total. The maximum Gasteiger partial charge on any atom is 0.231 e. The predicted molar refractivity (Wildman–Crippen MR) is 69.1 cm³/mol. The van der Waals surface area contributed by atoms with Gasteiger partial charge in [0.1, 0.15) is 0 Å². The van der Waals surface area contributed by atoms with E-state index in [-0.39, 0.29) is 12.4 Å². The van der Waals surface area contributed by atoms with Crippen LogP contribution < -0.4 is 9.47 Å². The van der Waals surface area contributed by atoms with Crippen LogP contribution >= 0.6 is 12.4 Å². The highest BCUT2D eigenvalue weighted by molar-refractivity contribution is 5.85. The molecule has 0 saturated carbocycles. The van der Waals surface area contributed by atoms with Crippen molar-refractivity contribution in [3.8, 4) is 11.5 Å². The number of halogens is 1. The lowest BCUT2D eigenvalue weighted by molar-refractivity contribution is 0.174. The standard InChI is InChI=1S/C14H12O2.ClH/c1-2-4-11(5-3-1)8-12-6-7-13-14(9-12)16-10-15-13;/h1-7,9H,8,10H2;1H. The number of hydrogen-bond donors (Lipinski definition) is 0. The Morgan fingerprint density at radius 3 is 2.41 bits per heavy atom. The zero-order valence-electron chi connectivity index (χ0n) is 9.26. The molecule has 88 valence electrons. The Morgan fingerprint density at radius 1 is 0.824 bits per heavy atom. The van der Waals surface area contributed by atoms with Gasteiger partial charge in [-0.15, -0.1) is 12.4 Å². The molecule has 0 N–H and O–H groups in total. The molecule has 0 radical (unpaired) electrons. The molecule has 2 aromatic rings. The van der Waals surface area contributed by atoms with Crippen LogP contribution in [0.1, 0.15) is 11.1 Å². The molecule has 2 aromatic carbocycles. The fraction of sp³-hybridized carbons (Fsp3) is 0.143. The molecule has 0 saturated heterocycles. The summed E-state index contributed by atoms with van der Waals surface area (Å²) in [6.07, 6.45) is 0.928. The zero-order chi connectivity index (χ0) is 10.8. The van der Waals surface area contributed by atoms with Gasteiger partial charge in [0.2, 0.25) is 6.79 Å². The molecule has 1 aliphatic heterocycles. The first kappa shape index (κ1) is 11.8. The molecule has 0 fully saturated rings. The Bertz CT molecular complexity index is 497. The Kier molecular flexibility index (Phi) is 3.55. The van der Waals surface area contributed by atoms with E-state index in [1.165, 1.54) is 11.1 Å². The number of fused-ring (bicyclic) bond motifs is 1.